The van der Waals surface area contributed by atoms with E-state index in [1.807, 2.05) is 11.0 Å². The average Bonchev–Trinajstić information content (AvgIpc) is 3.20. The summed E-state index contributed by atoms with van der Waals surface area (Å²) in [5.41, 5.74) is 3.36. The van der Waals surface area contributed by atoms with Gasteiger partial charge in [-0.3, -0.25) is 14.9 Å². The largest absolute Gasteiger partial charge is 0.486 e. The van der Waals surface area contributed by atoms with Crippen molar-refractivity contribution >= 4 is 11.6 Å². The van der Waals surface area contributed by atoms with E-state index in [0.717, 1.165) is 42.7 Å². The molecule has 0 bridgehead atoms. The Balaban J connectivity index is 1.52. The van der Waals surface area contributed by atoms with Crippen LogP contribution in [0.3, 0.4) is 0 Å². The predicted molar refractivity (Wildman–Crippen MR) is 110 cm³/mol. The van der Waals surface area contributed by atoms with Gasteiger partial charge in [-0.25, -0.2) is 0 Å². The SMILES string of the molecule is Cc1cc(C(=O)N2Cc3cc4c(cc3C3(CCCC3)C2)OCCO4)ccc1[N+](=O)[O-]. The number of hydrogen-bond donors (Lipinski definition) is 0. The van der Waals surface area contributed by atoms with E-state index >= 15 is 0 Å². The molecule has 2 heterocycles. The number of carbonyl (C=O) groups excluding carboxylic acids is 1. The summed E-state index contributed by atoms with van der Waals surface area (Å²) < 4.78 is 11.6. The highest BCUT2D eigenvalue weighted by Gasteiger charge is 2.44. The van der Waals surface area contributed by atoms with Gasteiger partial charge in [0, 0.05) is 35.7 Å². The molecule has 2 aromatic carbocycles. The van der Waals surface area contributed by atoms with Crippen molar-refractivity contribution in [2.45, 2.75) is 44.6 Å². The van der Waals surface area contributed by atoms with E-state index in [4.69, 9.17) is 9.47 Å². The van der Waals surface area contributed by atoms with E-state index in [9.17, 15) is 14.9 Å². The summed E-state index contributed by atoms with van der Waals surface area (Å²) in [6, 6.07) is 8.78. The lowest BCUT2D eigenvalue weighted by atomic mass is 9.73. The van der Waals surface area contributed by atoms with Gasteiger partial charge in [0.2, 0.25) is 0 Å². The molecule has 30 heavy (non-hydrogen) atoms. The number of nitro benzene ring substituents is 1. The molecule has 0 radical (unpaired) electrons. The highest BCUT2D eigenvalue weighted by Crippen LogP contribution is 2.49. The number of ether oxygens (including phenoxy) is 2. The third-order valence-electron chi connectivity index (χ3n) is 6.68. The average molecular weight is 408 g/mol. The van der Waals surface area contributed by atoms with Gasteiger partial charge in [0.25, 0.3) is 11.6 Å². The van der Waals surface area contributed by atoms with Gasteiger partial charge in [0.1, 0.15) is 13.2 Å². The van der Waals surface area contributed by atoms with Crippen molar-refractivity contribution in [1.29, 1.82) is 0 Å². The summed E-state index contributed by atoms with van der Waals surface area (Å²) in [5, 5.41) is 11.1. The first-order chi connectivity index (χ1) is 14.5. The normalized spacial score (nSPS) is 18.9. The van der Waals surface area contributed by atoms with E-state index in [1.54, 1.807) is 19.1 Å². The van der Waals surface area contributed by atoms with Crippen LogP contribution < -0.4 is 9.47 Å². The van der Waals surface area contributed by atoms with Gasteiger partial charge in [0.05, 0.1) is 4.92 Å². The molecular weight excluding hydrogens is 384 g/mol. The fourth-order valence-corrected chi connectivity index (χ4v) is 5.27. The number of hydrogen-bond acceptors (Lipinski definition) is 5. The van der Waals surface area contributed by atoms with Gasteiger partial charge >= 0.3 is 0 Å². The minimum Gasteiger partial charge on any atom is -0.486 e. The molecule has 0 atom stereocenters. The lowest BCUT2D eigenvalue weighted by Gasteiger charge is -2.43. The lowest BCUT2D eigenvalue weighted by molar-refractivity contribution is -0.385. The molecule has 0 N–H and O–H groups in total. The van der Waals surface area contributed by atoms with Crippen molar-refractivity contribution < 1.29 is 19.2 Å². The first-order valence-corrected chi connectivity index (χ1v) is 10.4. The highest BCUT2D eigenvalue weighted by atomic mass is 16.6. The van der Waals surface area contributed by atoms with Crippen LogP contribution in [0.2, 0.25) is 0 Å². The molecule has 0 unspecified atom stereocenters. The fourth-order valence-electron chi connectivity index (χ4n) is 5.27. The number of nitro groups is 1. The smallest absolute Gasteiger partial charge is 0.272 e. The molecular formula is C23H24N2O5. The second-order valence-corrected chi connectivity index (χ2v) is 8.56. The van der Waals surface area contributed by atoms with Gasteiger partial charge in [0.15, 0.2) is 11.5 Å². The molecule has 7 heteroatoms. The number of carbonyl (C=O) groups is 1. The summed E-state index contributed by atoms with van der Waals surface area (Å²) in [6.45, 7) is 3.92. The van der Waals surface area contributed by atoms with Crippen molar-refractivity contribution in [3.8, 4) is 11.5 Å². The molecule has 7 nitrogen and oxygen atoms in total. The van der Waals surface area contributed by atoms with Crippen LogP contribution in [0, 0.1) is 17.0 Å². The highest BCUT2D eigenvalue weighted by molar-refractivity contribution is 5.95. The Morgan fingerprint density at radius 2 is 1.80 bits per heavy atom. The summed E-state index contributed by atoms with van der Waals surface area (Å²) in [5.74, 6) is 1.46. The zero-order valence-electron chi connectivity index (χ0n) is 17.0. The van der Waals surface area contributed by atoms with Crippen LogP contribution in [0.15, 0.2) is 30.3 Å². The molecule has 0 aromatic heterocycles. The lowest BCUT2D eigenvalue weighted by Crippen LogP contribution is -2.46. The maximum atomic E-state index is 13.4. The van der Waals surface area contributed by atoms with Gasteiger partial charge in [-0.1, -0.05) is 12.8 Å². The quantitative estimate of drug-likeness (QED) is 0.551. The zero-order chi connectivity index (χ0) is 20.9. The standard InChI is InChI=1S/C23H24N2O5/c1-15-10-16(4-5-19(15)25(27)28)22(26)24-13-17-11-20-21(30-9-8-29-20)12-18(17)23(14-24)6-2-3-7-23/h4-5,10-12H,2-3,6-9,13-14H2,1H3. The Morgan fingerprint density at radius 3 is 2.47 bits per heavy atom. The molecule has 1 saturated carbocycles. The van der Waals surface area contributed by atoms with E-state index in [1.165, 1.54) is 11.6 Å². The molecule has 1 amide bonds. The Labute approximate surface area is 174 Å². The van der Waals surface area contributed by atoms with Crippen LogP contribution in [-0.2, 0) is 12.0 Å². The minimum absolute atomic E-state index is 0.0339. The molecule has 0 saturated heterocycles. The maximum Gasteiger partial charge on any atom is 0.272 e. The van der Waals surface area contributed by atoms with Gasteiger partial charge < -0.3 is 14.4 Å². The van der Waals surface area contributed by atoms with Crippen molar-refractivity contribution in [3.05, 3.63) is 62.7 Å². The Kier molecular flexibility index (Phi) is 4.41. The van der Waals surface area contributed by atoms with Gasteiger partial charge in [-0.15, -0.1) is 0 Å². The minimum atomic E-state index is -0.417. The van der Waals surface area contributed by atoms with Crippen molar-refractivity contribution in [1.82, 2.24) is 4.90 Å². The fraction of sp³-hybridized carbons (Fsp3) is 0.435. The van der Waals surface area contributed by atoms with Crippen molar-refractivity contribution in [2.24, 2.45) is 0 Å². The molecule has 5 rings (SSSR count). The van der Waals surface area contributed by atoms with Crippen LogP contribution in [0.4, 0.5) is 5.69 Å². The van der Waals surface area contributed by atoms with Crippen LogP contribution in [-0.4, -0.2) is 35.5 Å². The molecule has 156 valence electrons. The topological polar surface area (TPSA) is 81.9 Å². The van der Waals surface area contributed by atoms with Crippen molar-refractivity contribution in [3.63, 3.8) is 0 Å². The molecule has 2 aromatic rings. The van der Waals surface area contributed by atoms with Crippen molar-refractivity contribution in [2.75, 3.05) is 19.8 Å². The van der Waals surface area contributed by atoms with E-state index in [-0.39, 0.29) is 17.0 Å². The Bertz CT molecular complexity index is 1040. The zero-order valence-corrected chi connectivity index (χ0v) is 17.0. The first kappa shape index (κ1) is 18.9. The Morgan fingerprint density at radius 1 is 1.10 bits per heavy atom. The second kappa shape index (κ2) is 7.00. The van der Waals surface area contributed by atoms with E-state index in [0.29, 0.717) is 37.4 Å². The third kappa shape index (κ3) is 3.00. The van der Waals surface area contributed by atoms with Gasteiger partial charge in [-0.05, 0) is 55.2 Å². The summed E-state index contributed by atoms with van der Waals surface area (Å²) in [7, 11) is 0. The van der Waals surface area contributed by atoms with Crippen LogP contribution in [0.5, 0.6) is 11.5 Å². The van der Waals surface area contributed by atoms with Crippen LogP contribution in [0.1, 0.15) is 52.7 Å². The molecule has 2 aliphatic heterocycles. The number of benzene rings is 2. The maximum absolute atomic E-state index is 13.4. The number of amides is 1. The van der Waals surface area contributed by atoms with Crippen LogP contribution >= 0.6 is 0 Å². The second-order valence-electron chi connectivity index (χ2n) is 8.56. The van der Waals surface area contributed by atoms with Gasteiger partial charge in [-0.2, -0.15) is 0 Å². The number of rotatable bonds is 2. The Hall–Kier alpha value is -3.09. The molecule has 1 aliphatic carbocycles. The predicted octanol–water partition coefficient (Wildman–Crippen LogP) is 4.14. The summed E-state index contributed by atoms with van der Waals surface area (Å²) in [6.07, 6.45) is 4.38. The monoisotopic (exact) mass is 408 g/mol. The molecule has 1 fully saturated rings. The number of fused-ring (bicyclic) bond motifs is 3. The third-order valence-corrected chi connectivity index (χ3v) is 6.68. The molecule has 3 aliphatic rings. The van der Waals surface area contributed by atoms with E-state index in [2.05, 4.69) is 6.07 Å². The number of aryl methyl sites for hydroxylation is 1. The number of nitrogens with zero attached hydrogens (tertiary/aromatic N) is 2. The van der Waals surface area contributed by atoms with Crippen LogP contribution in [0.25, 0.3) is 0 Å². The summed E-state index contributed by atoms with van der Waals surface area (Å²) >= 11 is 0. The molecule has 1 spiro atoms. The van der Waals surface area contributed by atoms with E-state index < -0.39 is 4.92 Å². The first-order valence-electron chi connectivity index (χ1n) is 10.4. The summed E-state index contributed by atoms with van der Waals surface area (Å²) in [4.78, 5) is 26.0.